The van der Waals surface area contributed by atoms with Gasteiger partial charge in [0.25, 0.3) is 0 Å². The van der Waals surface area contributed by atoms with Crippen LogP contribution in [0.1, 0.15) is 39.8 Å². The van der Waals surface area contributed by atoms with Crippen molar-refractivity contribution in [2.75, 3.05) is 11.9 Å². The Morgan fingerprint density at radius 1 is 1.29 bits per heavy atom. The SMILES string of the molecule is CCC(C)N(C)c1cccc(CNC(C)C)n1. The van der Waals surface area contributed by atoms with Gasteiger partial charge in [-0.15, -0.1) is 0 Å². The molecule has 0 radical (unpaired) electrons. The summed E-state index contributed by atoms with van der Waals surface area (Å²) in [5.41, 5.74) is 1.10. The Labute approximate surface area is 105 Å². The van der Waals surface area contributed by atoms with E-state index in [4.69, 9.17) is 0 Å². The first-order valence-corrected chi connectivity index (χ1v) is 6.46. The van der Waals surface area contributed by atoms with E-state index in [1.807, 2.05) is 0 Å². The predicted octanol–water partition coefficient (Wildman–Crippen LogP) is 2.81. The first-order valence-electron chi connectivity index (χ1n) is 6.46. The maximum Gasteiger partial charge on any atom is 0.128 e. The molecule has 0 saturated heterocycles. The Hall–Kier alpha value is -1.09. The monoisotopic (exact) mass is 235 g/mol. The van der Waals surface area contributed by atoms with Gasteiger partial charge in [0.2, 0.25) is 0 Å². The van der Waals surface area contributed by atoms with E-state index in [0.717, 1.165) is 24.5 Å². The molecule has 1 rings (SSSR count). The van der Waals surface area contributed by atoms with Gasteiger partial charge in [-0.25, -0.2) is 4.98 Å². The van der Waals surface area contributed by atoms with E-state index in [2.05, 4.69) is 68.1 Å². The predicted molar refractivity (Wildman–Crippen MR) is 74.4 cm³/mol. The van der Waals surface area contributed by atoms with Crippen LogP contribution in [0.15, 0.2) is 18.2 Å². The van der Waals surface area contributed by atoms with Crippen molar-refractivity contribution in [1.29, 1.82) is 0 Å². The average molecular weight is 235 g/mol. The van der Waals surface area contributed by atoms with Crippen LogP contribution in [0.5, 0.6) is 0 Å². The Bertz CT molecular complexity index is 336. The maximum absolute atomic E-state index is 4.68. The van der Waals surface area contributed by atoms with Gasteiger partial charge in [0.1, 0.15) is 5.82 Å². The van der Waals surface area contributed by atoms with Crippen LogP contribution in [0.4, 0.5) is 5.82 Å². The molecule has 1 aromatic rings. The molecule has 1 N–H and O–H groups in total. The van der Waals surface area contributed by atoms with Crippen molar-refractivity contribution in [2.45, 2.75) is 52.7 Å². The molecule has 0 amide bonds. The minimum Gasteiger partial charge on any atom is -0.357 e. The van der Waals surface area contributed by atoms with Crippen molar-refractivity contribution in [2.24, 2.45) is 0 Å². The van der Waals surface area contributed by atoms with Gasteiger partial charge in [0.05, 0.1) is 5.69 Å². The lowest BCUT2D eigenvalue weighted by Crippen LogP contribution is -2.29. The van der Waals surface area contributed by atoms with E-state index in [1.54, 1.807) is 0 Å². The van der Waals surface area contributed by atoms with Crippen molar-refractivity contribution < 1.29 is 0 Å². The average Bonchev–Trinajstić information content (AvgIpc) is 2.34. The van der Waals surface area contributed by atoms with Gasteiger partial charge in [-0.3, -0.25) is 0 Å². The molecular formula is C14H25N3. The van der Waals surface area contributed by atoms with Crippen LogP contribution in [-0.4, -0.2) is 24.1 Å². The summed E-state index contributed by atoms with van der Waals surface area (Å²) >= 11 is 0. The molecule has 0 aromatic carbocycles. The number of nitrogens with one attached hydrogen (secondary N) is 1. The second-order valence-electron chi connectivity index (χ2n) is 4.89. The fourth-order valence-corrected chi connectivity index (χ4v) is 1.57. The molecule has 0 aliphatic heterocycles. The summed E-state index contributed by atoms with van der Waals surface area (Å²) in [7, 11) is 2.11. The molecule has 0 bridgehead atoms. The van der Waals surface area contributed by atoms with Crippen molar-refractivity contribution in [3.05, 3.63) is 23.9 Å². The lowest BCUT2D eigenvalue weighted by atomic mass is 10.2. The van der Waals surface area contributed by atoms with Crippen LogP contribution >= 0.6 is 0 Å². The molecule has 3 heteroatoms. The standard InChI is InChI=1S/C14H25N3/c1-6-12(4)17(5)14-9-7-8-13(16-14)10-15-11(2)3/h7-9,11-12,15H,6,10H2,1-5H3. The highest BCUT2D eigenvalue weighted by Crippen LogP contribution is 2.14. The topological polar surface area (TPSA) is 28.2 Å². The number of hydrogen-bond donors (Lipinski definition) is 1. The molecule has 0 aliphatic carbocycles. The number of anilines is 1. The van der Waals surface area contributed by atoms with Crippen LogP contribution in [0.3, 0.4) is 0 Å². The summed E-state index contributed by atoms with van der Waals surface area (Å²) in [6, 6.07) is 7.25. The quantitative estimate of drug-likeness (QED) is 0.822. The molecule has 0 saturated carbocycles. The van der Waals surface area contributed by atoms with Gasteiger partial charge >= 0.3 is 0 Å². The van der Waals surface area contributed by atoms with Crippen LogP contribution in [0.2, 0.25) is 0 Å². The van der Waals surface area contributed by atoms with E-state index in [0.29, 0.717) is 12.1 Å². The van der Waals surface area contributed by atoms with Crippen LogP contribution in [0.25, 0.3) is 0 Å². The normalized spacial score (nSPS) is 12.8. The molecular weight excluding hydrogens is 210 g/mol. The summed E-state index contributed by atoms with van der Waals surface area (Å²) in [5.74, 6) is 1.06. The number of pyridine rings is 1. The van der Waals surface area contributed by atoms with Gasteiger partial charge in [-0.05, 0) is 25.5 Å². The highest BCUT2D eigenvalue weighted by molar-refractivity contribution is 5.39. The van der Waals surface area contributed by atoms with Gasteiger partial charge in [-0.1, -0.05) is 26.8 Å². The van der Waals surface area contributed by atoms with Crippen molar-refractivity contribution in [3.63, 3.8) is 0 Å². The Kier molecular flexibility index (Phi) is 5.42. The summed E-state index contributed by atoms with van der Waals surface area (Å²) in [6.45, 7) is 9.55. The second kappa shape index (κ2) is 6.60. The summed E-state index contributed by atoms with van der Waals surface area (Å²) < 4.78 is 0. The number of hydrogen-bond acceptors (Lipinski definition) is 3. The van der Waals surface area contributed by atoms with Gasteiger partial charge in [-0.2, -0.15) is 0 Å². The molecule has 0 fully saturated rings. The first kappa shape index (κ1) is 14.0. The van der Waals surface area contributed by atoms with E-state index in [-0.39, 0.29) is 0 Å². The number of rotatable bonds is 6. The molecule has 0 spiro atoms. The number of nitrogens with zero attached hydrogens (tertiary/aromatic N) is 2. The minimum atomic E-state index is 0.493. The number of aromatic nitrogens is 1. The third-order valence-electron chi connectivity index (χ3n) is 3.10. The highest BCUT2D eigenvalue weighted by atomic mass is 15.2. The molecule has 1 unspecified atom stereocenters. The lowest BCUT2D eigenvalue weighted by molar-refractivity contribution is 0.580. The van der Waals surface area contributed by atoms with Crippen LogP contribution in [-0.2, 0) is 6.54 Å². The zero-order valence-corrected chi connectivity index (χ0v) is 11.7. The van der Waals surface area contributed by atoms with Gasteiger partial charge < -0.3 is 10.2 Å². The first-order chi connectivity index (χ1) is 8.04. The second-order valence-corrected chi connectivity index (χ2v) is 4.89. The zero-order valence-electron chi connectivity index (χ0n) is 11.7. The van der Waals surface area contributed by atoms with E-state index in [1.165, 1.54) is 0 Å². The highest BCUT2D eigenvalue weighted by Gasteiger charge is 2.09. The largest absolute Gasteiger partial charge is 0.357 e. The van der Waals surface area contributed by atoms with Crippen LogP contribution in [0, 0.1) is 0 Å². The zero-order chi connectivity index (χ0) is 12.8. The molecule has 3 nitrogen and oxygen atoms in total. The summed E-state index contributed by atoms with van der Waals surface area (Å²) in [4.78, 5) is 6.91. The fourth-order valence-electron chi connectivity index (χ4n) is 1.57. The van der Waals surface area contributed by atoms with E-state index < -0.39 is 0 Å². The van der Waals surface area contributed by atoms with E-state index in [9.17, 15) is 0 Å². The fraction of sp³-hybridized carbons (Fsp3) is 0.643. The summed E-state index contributed by atoms with van der Waals surface area (Å²) in [6.07, 6.45) is 1.13. The minimum absolute atomic E-state index is 0.493. The van der Waals surface area contributed by atoms with E-state index >= 15 is 0 Å². The van der Waals surface area contributed by atoms with Crippen molar-refractivity contribution >= 4 is 5.82 Å². The molecule has 0 aliphatic rings. The molecule has 1 heterocycles. The Balaban J connectivity index is 2.71. The van der Waals surface area contributed by atoms with Crippen LogP contribution < -0.4 is 10.2 Å². The molecule has 96 valence electrons. The van der Waals surface area contributed by atoms with Gasteiger partial charge in [0, 0.05) is 25.7 Å². The van der Waals surface area contributed by atoms with Crippen molar-refractivity contribution in [1.82, 2.24) is 10.3 Å². The molecule has 17 heavy (non-hydrogen) atoms. The Morgan fingerprint density at radius 3 is 2.59 bits per heavy atom. The van der Waals surface area contributed by atoms with Crippen molar-refractivity contribution in [3.8, 4) is 0 Å². The van der Waals surface area contributed by atoms with Gasteiger partial charge in [0.15, 0.2) is 0 Å². The smallest absolute Gasteiger partial charge is 0.128 e. The Morgan fingerprint density at radius 2 is 2.00 bits per heavy atom. The third kappa shape index (κ3) is 4.35. The maximum atomic E-state index is 4.68. The lowest BCUT2D eigenvalue weighted by Gasteiger charge is -2.25. The molecule has 1 aromatic heterocycles. The third-order valence-corrected chi connectivity index (χ3v) is 3.10. The molecule has 1 atom stereocenters. The summed E-state index contributed by atoms with van der Waals surface area (Å²) in [5, 5.41) is 3.39.